The molecule has 0 aliphatic rings. The molecular weight excluding hydrogens is 476 g/mol. The quantitative estimate of drug-likeness (QED) is 0.0834. The first-order valence-electron chi connectivity index (χ1n) is 10.4. The summed E-state index contributed by atoms with van der Waals surface area (Å²) >= 11 is 0. The molecule has 0 aromatic rings. The smallest absolute Gasteiger partial charge is 0.326 e. The summed E-state index contributed by atoms with van der Waals surface area (Å²) in [5.74, 6) is -5.52. The van der Waals surface area contributed by atoms with Crippen molar-refractivity contribution in [3.8, 4) is 0 Å². The number of carbonyl (C=O) groups excluding carboxylic acids is 4. The van der Waals surface area contributed by atoms with E-state index in [9.17, 15) is 44.1 Å². The lowest BCUT2D eigenvalue weighted by Crippen LogP contribution is -2.59. The molecule has 16 heteroatoms. The molecule has 0 aliphatic heterocycles. The van der Waals surface area contributed by atoms with Crippen molar-refractivity contribution >= 4 is 35.9 Å². The Morgan fingerprint density at radius 3 is 2.09 bits per heavy atom. The van der Waals surface area contributed by atoms with E-state index in [0.717, 1.165) is 6.92 Å². The van der Waals surface area contributed by atoms with Crippen molar-refractivity contribution < 1.29 is 59.0 Å². The molecule has 0 saturated carbocycles. The average Bonchev–Trinajstić information content (AvgIpc) is 2.77. The number of carbonyl (C=O) groups is 6. The van der Waals surface area contributed by atoms with E-state index in [4.69, 9.17) is 20.7 Å². The first-order valence-corrected chi connectivity index (χ1v) is 10.4. The van der Waals surface area contributed by atoms with Gasteiger partial charge in [-0.25, -0.2) is 4.79 Å². The molecule has 0 bridgehead atoms. The fourth-order valence-corrected chi connectivity index (χ4v) is 2.78. The second-order valence-electron chi connectivity index (χ2n) is 7.61. The van der Waals surface area contributed by atoms with Gasteiger partial charge in [0, 0.05) is 19.4 Å². The summed E-state index contributed by atoms with van der Waals surface area (Å²) in [6, 6.07) is -5.62. The van der Waals surface area contributed by atoms with Crippen molar-refractivity contribution in [2.45, 2.75) is 69.2 Å². The van der Waals surface area contributed by atoms with Crippen molar-refractivity contribution in [3.05, 3.63) is 0 Å². The standard InChI is InChI=1S/C19H32N4O12/c1-8(20)15(18(32)22-10(19(33)34)3-4-14(29)30)23-13(28)7-35-17(16(31)12(27)6-25)11(5-24)21-9(2)26/h5,8,10-12,15-17,25,27,31H,3-4,6-7,20H2,1-2H3,(H,21,26)(H,22,32)(H,23,28)(H,29,30)(H,33,34)/t8?,10?,11-,12+,15?,16+,17+/m0/s1. The third kappa shape index (κ3) is 11.7. The molecule has 3 amide bonds. The van der Waals surface area contributed by atoms with Gasteiger partial charge in [0.15, 0.2) is 0 Å². The monoisotopic (exact) mass is 508 g/mol. The van der Waals surface area contributed by atoms with Crippen molar-refractivity contribution in [1.29, 1.82) is 0 Å². The van der Waals surface area contributed by atoms with E-state index in [1.807, 2.05) is 0 Å². The fourth-order valence-electron chi connectivity index (χ4n) is 2.78. The van der Waals surface area contributed by atoms with Gasteiger partial charge >= 0.3 is 11.9 Å². The number of hydrogen-bond donors (Lipinski definition) is 9. The number of aldehydes is 1. The van der Waals surface area contributed by atoms with Crippen LogP contribution >= 0.6 is 0 Å². The minimum atomic E-state index is -1.91. The van der Waals surface area contributed by atoms with E-state index in [2.05, 4.69) is 16.0 Å². The first-order chi connectivity index (χ1) is 16.2. The van der Waals surface area contributed by atoms with Gasteiger partial charge in [-0.2, -0.15) is 0 Å². The first kappa shape index (κ1) is 31.8. The van der Waals surface area contributed by atoms with E-state index < -0.39 is 98.2 Å². The van der Waals surface area contributed by atoms with E-state index >= 15 is 0 Å². The Morgan fingerprint density at radius 1 is 1.06 bits per heavy atom. The van der Waals surface area contributed by atoms with Crippen molar-refractivity contribution in [2.75, 3.05) is 13.2 Å². The Bertz CT molecular complexity index is 762. The molecule has 200 valence electrons. The van der Waals surface area contributed by atoms with Crippen LogP contribution in [0.2, 0.25) is 0 Å². The molecule has 7 atom stereocenters. The molecule has 3 unspecified atom stereocenters. The zero-order valence-corrected chi connectivity index (χ0v) is 19.1. The van der Waals surface area contributed by atoms with E-state index in [-0.39, 0.29) is 6.29 Å². The third-order valence-corrected chi connectivity index (χ3v) is 4.58. The second-order valence-corrected chi connectivity index (χ2v) is 7.61. The van der Waals surface area contributed by atoms with Gasteiger partial charge in [0.2, 0.25) is 17.7 Å². The molecule has 0 rings (SSSR count). The molecule has 0 spiro atoms. The van der Waals surface area contributed by atoms with Gasteiger partial charge in [-0.05, 0) is 13.3 Å². The van der Waals surface area contributed by atoms with Crippen LogP contribution < -0.4 is 21.7 Å². The summed E-state index contributed by atoms with van der Waals surface area (Å²) in [6.45, 7) is 0.531. The molecule has 16 nitrogen and oxygen atoms in total. The Hall–Kier alpha value is -3.18. The highest BCUT2D eigenvalue weighted by atomic mass is 16.5. The Kier molecular flexibility index (Phi) is 14.2. The highest BCUT2D eigenvalue weighted by Crippen LogP contribution is 2.09. The van der Waals surface area contributed by atoms with Gasteiger partial charge in [0.05, 0.1) is 6.61 Å². The van der Waals surface area contributed by atoms with Crippen LogP contribution in [0, 0.1) is 0 Å². The second kappa shape index (κ2) is 15.7. The minimum Gasteiger partial charge on any atom is -0.481 e. The molecular formula is C19H32N4O12. The molecule has 10 N–H and O–H groups in total. The van der Waals surface area contributed by atoms with Crippen molar-refractivity contribution in [3.63, 3.8) is 0 Å². The number of nitrogens with one attached hydrogen (secondary N) is 3. The number of aliphatic hydroxyl groups is 3. The number of amides is 3. The molecule has 0 saturated heterocycles. The van der Waals surface area contributed by atoms with Gasteiger partial charge < -0.3 is 56.7 Å². The predicted octanol–water partition coefficient (Wildman–Crippen LogP) is -4.94. The number of carboxylic acid groups (broad SMARTS) is 2. The zero-order chi connectivity index (χ0) is 27.3. The summed E-state index contributed by atoms with van der Waals surface area (Å²) in [6.07, 6.45) is -6.18. The number of aliphatic carboxylic acids is 2. The van der Waals surface area contributed by atoms with Crippen LogP contribution in [-0.2, 0) is 33.5 Å². The Balaban J connectivity index is 5.38. The third-order valence-electron chi connectivity index (χ3n) is 4.58. The van der Waals surface area contributed by atoms with Gasteiger partial charge in [-0.3, -0.25) is 19.2 Å². The number of carboxylic acids is 2. The van der Waals surface area contributed by atoms with Crippen LogP contribution in [0.4, 0.5) is 0 Å². The highest BCUT2D eigenvalue weighted by Gasteiger charge is 2.35. The molecule has 0 heterocycles. The molecule has 0 aromatic carbocycles. The summed E-state index contributed by atoms with van der Waals surface area (Å²) in [4.78, 5) is 69.4. The summed E-state index contributed by atoms with van der Waals surface area (Å²) in [5.41, 5.74) is 5.69. The molecule has 0 radical (unpaired) electrons. The summed E-state index contributed by atoms with van der Waals surface area (Å²) in [7, 11) is 0. The summed E-state index contributed by atoms with van der Waals surface area (Å²) in [5, 5.41) is 53.1. The zero-order valence-electron chi connectivity index (χ0n) is 19.1. The normalized spacial score (nSPS) is 17.0. The number of rotatable bonds is 17. The number of ether oxygens (including phenoxy) is 1. The maximum absolute atomic E-state index is 12.5. The van der Waals surface area contributed by atoms with Crippen LogP contribution in [-0.4, -0.2) is 117 Å². The van der Waals surface area contributed by atoms with Crippen molar-refractivity contribution in [2.24, 2.45) is 5.73 Å². The fraction of sp³-hybridized carbons (Fsp3) is 0.684. The molecule has 0 aliphatic carbocycles. The van der Waals surface area contributed by atoms with E-state index in [1.54, 1.807) is 0 Å². The highest BCUT2D eigenvalue weighted by molar-refractivity contribution is 5.91. The van der Waals surface area contributed by atoms with Crippen LogP contribution in [0.5, 0.6) is 0 Å². The number of hydrogen-bond acceptors (Lipinski definition) is 11. The molecule has 0 aromatic heterocycles. The van der Waals surface area contributed by atoms with E-state index in [1.165, 1.54) is 6.92 Å². The van der Waals surface area contributed by atoms with Gasteiger partial charge in [-0.15, -0.1) is 0 Å². The SMILES string of the molecule is CC(=O)N[C@@H](C=O)[C@@H](OCC(=O)NC(C(=O)NC(CCC(=O)O)C(=O)O)C(C)N)[C@H](O)[C@H](O)CO. The maximum atomic E-state index is 12.5. The van der Waals surface area contributed by atoms with Crippen molar-refractivity contribution in [1.82, 2.24) is 16.0 Å². The van der Waals surface area contributed by atoms with Gasteiger partial charge in [-0.1, -0.05) is 0 Å². The predicted molar refractivity (Wildman–Crippen MR) is 115 cm³/mol. The number of nitrogens with two attached hydrogens (primary N) is 1. The maximum Gasteiger partial charge on any atom is 0.326 e. The Morgan fingerprint density at radius 2 is 1.66 bits per heavy atom. The number of aliphatic hydroxyl groups excluding tert-OH is 3. The topological polar surface area (TPSA) is 275 Å². The lowest BCUT2D eigenvalue weighted by molar-refractivity contribution is -0.147. The van der Waals surface area contributed by atoms with Crippen LogP contribution in [0.1, 0.15) is 26.7 Å². The van der Waals surface area contributed by atoms with E-state index in [0.29, 0.717) is 0 Å². The lowest BCUT2D eigenvalue weighted by Gasteiger charge is -2.30. The van der Waals surface area contributed by atoms with Crippen LogP contribution in [0.3, 0.4) is 0 Å². The molecule has 0 fully saturated rings. The average molecular weight is 508 g/mol. The molecule has 35 heavy (non-hydrogen) atoms. The lowest BCUT2D eigenvalue weighted by atomic mass is 10.0. The van der Waals surface area contributed by atoms with Crippen LogP contribution in [0.15, 0.2) is 0 Å². The van der Waals surface area contributed by atoms with Gasteiger partial charge in [0.1, 0.15) is 49.3 Å². The van der Waals surface area contributed by atoms with Crippen LogP contribution in [0.25, 0.3) is 0 Å². The van der Waals surface area contributed by atoms with Gasteiger partial charge in [0.25, 0.3) is 0 Å². The largest absolute Gasteiger partial charge is 0.481 e. The summed E-state index contributed by atoms with van der Waals surface area (Å²) < 4.78 is 5.18. The minimum absolute atomic E-state index is 0.179. The Labute approximate surface area is 199 Å².